The number of methoxy groups -OCH3 is 2. The maximum absolute atomic E-state index is 13.8. The van der Waals surface area contributed by atoms with Crippen molar-refractivity contribution in [3.63, 3.8) is 0 Å². The molecule has 0 aliphatic heterocycles. The second kappa shape index (κ2) is 16.6. The highest BCUT2D eigenvalue weighted by molar-refractivity contribution is 7.97. The molecule has 0 aliphatic rings. The van der Waals surface area contributed by atoms with Crippen LogP contribution in [0.25, 0.3) is 22.0 Å². The van der Waals surface area contributed by atoms with Crippen molar-refractivity contribution in [2.45, 2.75) is 44.9 Å². The summed E-state index contributed by atoms with van der Waals surface area (Å²) in [5, 5.41) is 0.439. The van der Waals surface area contributed by atoms with Crippen molar-refractivity contribution < 1.29 is 27.4 Å². The number of ether oxygens (including phenoxy) is 3. The summed E-state index contributed by atoms with van der Waals surface area (Å²) in [6.07, 6.45) is -3.02. The summed E-state index contributed by atoms with van der Waals surface area (Å²) in [7, 11) is 3.31. The molecule has 0 bridgehead atoms. The van der Waals surface area contributed by atoms with E-state index in [4.69, 9.17) is 14.2 Å². The van der Waals surface area contributed by atoms with Crippen molar-refractivity contribution in [2.75, 3.05) is 14.2 Å². The van der Waals surface area contributed by atoms with Crippen molar-refractivity contribution in [3.05, 3.63) is 144 Å². The molecule has 0 amide bonds. The second-order valence-electron chi connectivity index (χ2n) is 11.2. The van der Waals surface area contributed by atoms with Crippen LogP contribution in [0.4, 0.5) is 13.2 Å². The van der Waals surface area contributed by atoms with E-state index in [1.165, 1.54) is 12.3 Å². The number of para-hydroxylation sites is 1. The molecule has 0 spiro atoms. The molecule has 5 nitrogen and oxygen atoms in total. The number of fused-ring (bicyclic) bond motifs is 1. The Balaban J connectivity index is 0.00000239. The number of nitrogens with zero attached hydrogens (tertiary/aromatic N) is 2. The summed E-state index contributed by atoms with van der Waals surface area (Å²) in [6, 6.07) is 35.5. The molecule has 0 radical (unpaired) electrons. The average Bonchev–Trinajstić information content (AvgIpc) is 3.12. The molecule has 5 aromatic carbocycles. The van der Waals surface area contributed by atoms with Crippen LogP contribution in [0.1, 0.15) is 36.1 Å². The van der Waals surface area contributed by atoms with Gasteiger partial charge in [-0.25, -0.2) is 4.31 Å². The molecule has 0 saturated carbocycles. The van der Waals surface area contributed by atoms with Crippen molar-refractivity contribution in [2.24, 2.45) is 0 Å². The summed E-state index contributed by atoms with van der Waals surface area (Å²) in [5.41, 5.74) is 3.66. The van der Waals surface area contributed by atoms with Gasteiger partial charge in [-0.3, -0.25) is 4.98 Å². The first-order chi connectivity index (χ1) is 24.2. The van der Waals surface area contributed by atoms with Gasteiger partial charge in [0.15, 0.2) is 0 Å². The number of aromatic nitrogens is 1. The van der Waals surface area contributed by atoms with E-state index in [2.05, 4.69) is 33.6 Å². The fourth-order valence-corrected chi connectivity index (χ4v) is 6.55. The first-order valence-corrected chi connectivity index (χ1v) is 17.0. The molecule has 6 rings (SSSR count). The minimum Gasteiger partial charge on any atom is -0.497 e. The molecular formula is C41H39F3N2O3S. The zero-order valence-corrected chi connectivity index (χ0v) is 29.4. The first kappa shape index (κ1) is 36.3. The number of hydrogen-bond donors (Lipinski definition) is 0. The maximum Gasteiger partial charge on any atom is 0.418 e. The van der Waals surface area contributed by atoms with Crippen molar-refractivity contribution in [1.82, 2.24) is 9.29 Å². The molecule has 0 atom stereocenters. The molecule has 0 aliphatic carbocycles. The molecule has 50 heavy (non-hydrogen) atoms. The molecule has 0 unspecified atom stereocenters. The van der Waals surface area contributed by atoms with E-state index in [0.29, 0.717) is 35.5 Å². The predicted octanol–water partition coefficient (Wildman–Crippen LogP) is 11.8. The number of rotatable bonds is 11. The molecule has 9 heteroatoms. The van der Waals surface area contributed by atoms with E-state index in [-0.39, 0.29) is 5.52 Å². The summed E-state index contributed by atoms with van der Waals surface area (Å²) < 4.78 is 60.6. The fourth-order valence-electron chi connectivity index (χ4n) is 5.52. The molecular weight excluding hydrogens is 658 g/mol. The van der Waals surface area contributed by atoms with E-state index in [9.17, 15) is 13.2 Å². The number of benzene rings is 5. The average molecular weight is 697 g/mol. The lowest BCUT2D eigenvalue weighted by atomic mass is 9.95. The van der Waals surface area contributed by atoms with E-state index in [1.807, 2.05) is 93.6 Å². The van der Waals surface area contributed by atoms with Crippen LogP contribution in [0, 0.1) is 6.92 Å². The lowest BCUT2D eigenvalue weighted by Gasteiger charge is -2.22. The summed E-state index contributed by atoms with van der Waals surface area (Å²) in [4.78, 5) is 5.14. The van der Waals surface area contributed by atoms with Crippen LogP contribution in [0.5, 0.6) is 23.0 Å². The van der Waals surface area contributed by atoms with Gasteiger partial charge in [0.2, 0.25) is 0 Å². The van der Waals surface area contributed by atoms with Crippen LogP contribution in [0.2, 0.25) is 0 Å². The van der Waals surface area contributed by atoms with Crippen molar-refractivity contribution >= 4 is 22.9 Å². The molecule has 0 saturated heterocycles. The van der Waals surface area contributed by atoms with E-state index in [1.54, 1.807) is 32.2 Å². The van der Waals surface area contributed by atoms with Gasteiger partial charge in [-0.1, -0.05) is 68.4 Å². The highest BCUT2D eigenvalue weighted by Gasteiger charge is 2.33. The van der Waals surface area contributed by atoms with Crippen LogP contribution in [0.15, 0.2) is 126 Å². The van der Waals surface area contributed by atoms with Crippen molar-refractivity contribution in [3.8, 4) is 34.1 Å². The second-order valence-corrected chi connectivity index (χ2v) is 12.4. The summed E-state index contributed by atoms with van der Waals surface area (Å²) >= 11 is 1.62. The van der Waals surface area contributed by atoms with Gasteiger partial charge in [-0.05, 0) is 107 Å². The Labute approximate surface area is 295 Å². The van der Waals surface area contributed by atoms with E-state index in [0.717, 1.165) is 44.7 Å². The normalized spacial score (nSPS) is 11.2. The fraction of sp³-hybridized carbons (Fsp3) is 0.195. The smallest absolute Gasteiger partial charge is 0.418 e. The van der Waals surface area contributed by atoms with Crippen molar-refractivity contribution in [1.29, 1.82) is 0 Å². The number of hydrogen-bond acceptors (Lipinski definition) is 6. The first-order valence-electron chi connectivity index (χ1n) is 16.2. The van der Waals surface area contributed by atoms with Gasteiger partial charge >= 0.3 is 6.18 Å². The minimum absolute atomic E-state index is 0.0736. The standard InChI is InChI=1S/C39H33F3N2O3S.C2H6/c1-26-23-43-38-35(11-6-12-36(38)39(40,41)42)37(26)29-7-4-8-32(21-29)47-33-9-5-10-34(22-33)48-44(24-27-13-17-30(45-2)18-14-27)25-28-15-19-31(46-3)20-16-28;1-2/h4-23H,24-25H2,1-3H3;1-2H3. The van der Waals surface area contributed by atoms with Gasteiger partial charge in [0, 0.05) is 29.6 Å². The topological polar surface area (TPSA) is 43.8 Å². The van der Waals surface area contributed by atoms with Gasteiger partial charge in [-0.2, -0.15) is 13.2 Å². The SMILES string of the molecule is CC.COc1ccc(CN(Cc2ccc(OC)cc2)Sc2cccc(Oc3cccc(-c4c(C)cnc5c(C(F)(F)F)cccc45)c3)c2)cc1. The molecule has 258 valence electrons. The quantitative estimate of drug-likeness (QED) is 0.126. The Morgan fingerprint density at radius 3 is 1.82 bits per heavy atom. The lowest BCUT2D eigenvalue weighted by molar-refractivity contribution is -0.136. The molecule has 1 aromatic heterocycles. The highest BCUT2D eigenvalue weighted by Crippen LogP contribution is 2.39. The zero-order chi connectivity index (χ0) is 35.7. The number of halogens is 3. The van der Waals surface area contributed by atoms with Crippen LogP contribution in [0.3, 0.4) is 0 Å². The Kier molecular flexibility index (Phi) is 12.1. The van der Waals surface area contributed by atoms with Gasteiger partial charge in [0.25, 0.3) is 0 Å². The van der Waals surface area contributed by atoms with Gasteiger partial charge in [0.1, 0.15) is 23.0 Å². The van der Waals surface area contributed by atoms with Gasteiger partial charge in [-0.15, -0.1) is 0 Å². The van der Waals surface area contributed by atoms with E-state index >= 15 is 0 Å². The third-order valence-electron chi connectivity index (χ3n) is 7.83. The van der Waals surface area contributed by atoms with E-state index < -0.39 is 11.7 Å². The molecule has 0 fully saturated rings. The number of aryl methyl sites for hydroxylation is 1. The lowest BCUT2D eigenvalue weighted by Crippen LogP contribution is -2.15. The monoisotopic (exact) mass is 696 g/mol. The number of alkyl halides is 3. The van der Waals surface area contributed by atoms with Gasteiger partial charge in [0.05, 0.1) is 25.3 Å². The Morgan fingerprint density at radius 2 is 1.24 bits per heavy atom. The Bertz CT molecular complexity index is 1970. The maximum atomic E-state index is 13.8. The minimum atomic E-state index is -4.51. The highest BCUT2D eigenvalue weighted by atomic mass is 32.2. The largest absolute Gasteiger partial charge is 0.497 e. The Hall–Kier alpha value is -4.99. The molecule has 1 heterocycles. The third kappa shape index (κ3) is 8.97. The third-order valence-corrected chi connectivity index (χ3v) is 8.81. The van der Waals surface area contributed by atoms with Crippen LogP contribution in [-0.4, -0.2) is 23.5 Å². The summed E-state index contributed by atoms with van der Waals surface area (Å²) in [5.74, 6) is 2.82. The van der Waals surface area contributed by atoms with Crippen LogP contribution < -0.4 is 14.2 Å². The van der Waals surface area contributed by atoms with Gasteiger partial charge < -0.3 is 14.2 Å². The predicted molar refractivity (Wildman–Crippen MR) is 196 cm³/mol. The Morgan fingerprint density at radius 1 is 0.680 bits per heavy atom. The summed E-state index contributed by atoms with van der Waals surface area (Å²) in [6.45, 7) is 7.21. The molecule has 6 aromatic rings. The number of pyridine rings is 1. The molecule has 0 N–H and O–H groups in total. The van der Waals surface area contributed by atoms with Crippen LogP contribution >= 0.6 is 11.9 Å². The zero-order valence-electron chi connectivity index (χ0n) is 28.6. The van der Waals surface area contributed by atoms with Crippen LogP contribution in [-0.2, 0) is 19.3 Å².